The quantitative estimate of drug-likeness (QED) is 0.102. The lowest BCUT2D eigenvalue weighted by Gasteiger charge is -2.41. The Morgan fingerprint density at radius 1 is 0.595 bits per heavy atom. The molecule has 24 heteroatoms. The van der Waals surface area contributed by atoms with Crippen LogP contribution in [0.5, 0.6) is 0 Å². The number of anilines is 2. The molecule has 10 nitrogen and oxygen atoms in total. The summed E-state index contributed by atoms with van der Waals surface area (Å²) in [5.74, 6) is -3.02. The van der Waals surface area contributed by atoms with Crippen LogP contribution in [0.4, 0.5) is 46.5 Å². The fourth-order valence-corrected chi connectivity index (χ4v) is 14.9. The molecule has 2 heterocycles. The number of thiazole rings is 2. The molecule has 8 rings (SSSR count). The molecular weight excluding hydrogens is 1100 g/mol. The van der Waals surface area contributed by atoms with E-state index in [1.54, 1.807) is 22.9 Å². The predicted molar refractivity (Wildman–Crippen MR) is 275 cm³/mol. The van der Waals surface area contributed by atoms with Crippen LogP contribution in [0.1, 0.15) is 82.6 Å². The van der Waals surface area contributed by atoms with Gasteiger partial charge in [0.2, 0.25) is 0 Å². The van der Waals surface area contributed by atoms with Crippen molar-refractivity contribution >= 4 is 76.9 Å². The lowest BCUT2D eigenvalue weighted by molar-refractivity contribution is -0.138. The molecule has 0 aliphatic heterocycles. The third-order valence-electron chi connectivity index (χ3n) is 13.3. The van der Waals surface area contributed by atoms with E-state index in [9.17, 15) is 43.2 Å². The van der Waals surface area contributed by atoms with Gasteiger partial charge < -0.3 is 20.4 Å². The fourth-order valence-electron chi connectivity index (χ4n) is 9.68. The van der Waals surface area contributed by atoms with E-state index in [0.29, 0.717) is 59.7 Å². The van der Waals surface area contributed by atoms with Gasteiger partial charge in [0.15, 0.2) is 19.7 Å². The van der Waals surface area contributed by atoms with Crippen LogP contribution >= 0.6 is 45.9 Å². The van der Waals surface area contributed by atoms with Crippen molar-refractivity contribution in [3.05, 3.63) is 150 Å². The van der Waals surface area contributed by atoms with E-state index in [-0.39, 0.29) is 57.4 Å². The summed E-state index contributed by atoms with van der Waals surface area (Å²) < 4.78 is 161. The molecule has 0 bridgehead atoms. The zero-order chi connectivity index (χ0) is 53.9. The highest BCUT2D eigenvalue weighted by Crippen LogP contribution is 2.42. The van der Waals surface area contributed by atoms with Crippen molar-refractivity contribution in [2.75, 3.05) is 38.8 Å². The minimum absolute atomic E-state index is 0.00879. The Labute approximate surface area is 443 Å². The number of rotatable bonds is 14. The van der Waals surface area contributed by atoms with Crippen LogP contribution in [0.25, 0.3) is 0 Å². The van der Waals surface area contributed by atoms with Crippen molar-refractivity contribution in [1.29, 1.82) is 0 Å². The Morgan fingerprint density at radius 3 is 1.30 bits per heavy atom. The lowest BCUT2D eigenvalue weighted by Crippen LogP contribution is -2.47. The molecule has 2 aliphatic carbocycles. The summed E-state index contributed by atoms with van der Waals surface area (Å²) in [5, 5.41) is 10.5. The van der Waals surface area contributed by atoms with Crippen LogP contribution in [0.2, 0.25) is 10.0 Å². The van der Waals surface area contributed by atoms with Gasteiger partial charge in [-0.3, -0.25) is 0 Å². The molecule has 0 amide bonds. The first kappa shape index (κ1) is 57.3. The van der Waals surface area contributed by atoms with Gasteiger partial charge in [0.25, 0.3) is 0 Å². The molecule has 2 aliphatic rings. The number of alkyl halides is 6. The van der Waals surface area contributed by atoms with Gasteiger partial charge in [0, 0.05) is 47.3 Å². The average molecular weight is 1150 g/mol. The van der Waals surface area contributed by atoms with Crippen LogP contribution in [-0.2, 0) is 43.5 Å². The summed E-state index contributed by atoms with van der Waals surface area (Å²) >= 11 is 15.1. The molecule has 2 fully saturated rings. The van der Waals surface area contributed by atoms with Crippen LogP contribution in [0, 0.1) is 11.6 Å². The van der Waals surface area contributed by atoms with Crippen LogP contribution in [0.15, 0.2) is 106 Å². The highest BCUT2D eigenvalue weighted by Gasteiger charge is 2.38. The van der Waals surface area contributed by atoms with Gasteiger partial charge in [-0.25, -0.2) is 35.6 Å². The van der Waals surface area contributed by atoms with Gasteiger partial charge in [-0.1, -0.05) is 59.6 Å². The Bertz CT molecular complexity index is 2900. The smallest absolute Gasteiger partial charge is 0.379 e. The molecule has 4 aromatic carbocycles. The number of hydrogen-bond acceptors (Lipinski definition) is 12. The van der Waals surface area contributed by atoms with E-state index in [2.05, 4.69) is 20.6 Å². The molecule has 2 N–H and O–H groups in total. The minimum atomic E-state index is -4.43. The molecule has 74 heavy (non-hydrogen) atoms. The topological polar surface area (TPSA) is 125 Å². The first-order valence-electron chi connectivity index (χ1n) is 23.1. The SMILES string of the molecule is CN(C)[C@H]1CC[C@@H](c2cccc(C(F)(F)F)c2)C[C@@H]1Nc1cc(F)c(S(=O)(=O)Cc2nccs2)cc1Cl.CN(C)[C@H]1CC[C@H](c2cccc(C(F)(F)F)c2)C[C@@H]1Nc1cc(F)c(S(=O)(=O)Cc2nccs2)cc1Cl. The number of aromatic nitrogens is 2. The van der Waals surface area contributed by atoms with Gasteiger partial charge in [-0.05, 0) is 126 Å². The molecule has 2 saturated carbocycles. The van der Waals surface area contributed by atoms with Gasteiger partial charge in [0.05, 0.1) is 32.5 Å². The highest BCUT2D eigenvalue weighted by atomic mass is 35.5. The lowest BCUT2D eigenvalue weighted by atomic mass is 9.78. The number of sulfone groups is 2. The number of nitrogens with zero attached hydrogens (tertiary/aromatic N) is 4. The third kappa shape index (κ3) is 14.1. The molecule has 2 aromatic heterocycles. The summed E-state index contributed by atoms with van der Waals surface area (Å²) in [4.78, 5) is 10.9. The Hall–Kier alpha value is -4.42. The van der Waals surface area contributed by atoms with E-state index in [1.165, 1.54) is 36.7 Å². The van der Waals surface area contributed by atoms with Crippen molar-refractivity contribution in [2.45, 2.75) is 108 Å². The number of benzene rings is 4. The molecule has 0 spiro atoms. The van der Waals surface area contributed by atoms with Gasteiger partial charge in [-0.2, -0.15) is 26.3 Å². The maximum Gasteiger partial charge on any atom is 0.416 e. The second-order valence-corrected chi connectivity index (χ2v) is 25.4. The third-order valence-corrected chi connectivity index (χ3v) is 19.1. The standard InChI is InChI=1S/2C25H26ClF4N3O2S2/c2*1-33(2)22-7-6-16(15-4-3-5-17(10-15)25(28,29)30)11-21(22)32-20-13-19(27)23(12-18(20)26)37(34,35)14-24-31-8-9-36-24/h2*3-5,8-10,12-13,16,21-22,32H,6-7,11,14H2,1-2H3/t16-,21+,22+;16-,21-,22-/m10/s1. The number of halogens is 10. The molecule has 6 aromatic rings. The monoisotopic (exact) mass is 1150 g/mol. The molecule has 0 radical (unpaired) electrons. The van der Waals surface area contributed by atoms with Gasteiger partial charge >= 0.3 is 12.4 Å². The number of likely N-dealkylation sites (N-methyl/N-ethyl adjacent to an activating group) is 2. The van der Waals surface area contributed by atoms with Crippen LogP contribution in [0.3, 0.4) is 0 Å². The number of nitrogens with one attached hydrogen (secondary N) is 2. The fraction of sp³-hybridized carbons (Fsp3) is 0.400. The average Bonchev–Trinajstić information content (AvgIpc) is 4.05. The maximum atomic E-state index is 15.1. The Morgan fingerprint density at radius 2 is 0.973 bits per heavy atom. The molecule has 6 atom stereocenters. The molecule has 400 valence electrons. The van der Waals surface area contributed by atoms with Gasteiger partial charge in [-0.15, -0.1) is 22.7 Å². The normalized spacial score (nSPS) is 20.8. The van der Waals surface area contributed by atoms with Crippen molar-refractivity contribution in [1.82, 2.24) is 19.8 Å². The van der Waals surface area contributed by atoms with E-state index in [4.69, 9.17) is 23.2 Å². The van der Waals surface area contributed by atoms with Crippen molar-refractivity contribution in [3.63, 3.8) is 0 Å². The van der Waals surface area contributed by atoms with E-state index in [0.717, 1.165) is 59.1 Å². The molecular formula is C50H52Cl2F8N6O4S4. The van der Waals surface area contributed by atoms with Gasteiger partial charge in [0.1, 0.15) is 42.9 Å². The van der Waals surface area contributed by atoms with Crippen molar-refractivity contribution in [2.24, 2.45) is 0 Å². The summed E-state index contributed by atoms with van der Waals surface area (Å²) in [6, 6.07) is 14.5. The first-order valence-corrected chi connectivity index (χ1v) is 28.9. The van der Waals surface area contributed by atoms with Crippen LogP contribution < -0.4 is 10.6 Å². The first-order chi connectivity index (χ1) is 34.7. The van der Waals surface area contributed by atoms with Crippen LogP contribution in [-0.4, -0.2) is 89.0 Å². The zero-order valence-electron chi connectivity index (χ0n) is 40.2. The summed E-state index contributed by atoms with van der Waals surface area (Å²) in [6.45, 7) is 0. The Kier molecular flexibility index (Phi) is 18.2. The summed E-state index contributed by atoms with van der Waals surface area (Å²) in [5.41, 5.74) is 0.273. The zero-order valence-corrected chi connectivity index (χ0v) is 45.0. The summed E-state index contributed by atoms with van der Waals surface area (Å²) in [7, 11) is -0.409. The van der Waals surface area contributed by atoms with E-state index >= 15 is 8.78 Å². The molecule has 0 unspecified atom stereocenters. The molecule has 0 saturated heterocycles. The van der Waals surface area contributed by atoms with E-state index in [1.807, 2.05) is 38.0 Å². The Balaban J connectivity index is 0.000000216. The second-order valence-electron chi connectivity index (χ2n) is 18.7. The highest BCUT2D eigenvalue weighted by molar-refractivity contribution is 7.91. The van der Waals surface area contributed by atoms with Crippen molar-refractivity contribution < 1.29 is 52.0 Å². The predicted octanol–water partition coefficient (Wildman–Crippen LogP) is 13.2. The largest absolute Gasteiger partial charge is 0.416 e. The number of hydrogen-bond donors (Lipinski definition) is 2. The second kappa shape index (κ2) is 23.4. The summed E-state index contributed by atoms with van der Waals surface area (Å²) in [6.07, 6.45) is -2.14. The minimum Gasteiger partial charge on any atom is -0.379 e. The maximum absolute atomic E-state index is 15.1. The van der Waals surface area contributed by atoms with E-state index < -0.39 is 76.1 Å². The van der Waals surface area contributed by atoms with Crippen molar-refractivity contribution in [3.8, 4) is 0 Å².